The zero-order valence-corrected chi connectivity index (χ0v) is 12.8. The standard InChI is InChI=1S/C14H26N2O4/c1-10(2)16(8-5-6-12(17)18)13(19)15-14(4)7-9-20-11(14)3/h10-11H,5-9H2,1-4H3,(H,15,19)(H,17,18). The van der Waals surface area contributed by atoms with E-state index in [-0.39, 0.29) is 30.1 Å². The van der Waals surface area contributed by atoms with Crippen molar-refractivity contribution in [1.82, 2.24) is 10.2 Å². The van der Waals surface area contributed by atoms with E-state index in [0.717, 1.165) is 6.42 Å². The van der Waals surface area contributed by atoms with Gasteiger partial charge in [0.15, 0.2) is 0 Å². The van der Waals surface area contributed by atoms with Gasteiger partial charge in [0.05, 0.1) is 11.6 Å². The molecule has 1 heterocycles. The van der Waals surface area contributed by atoms with Gasteiger partial charge in [-0.2, -0.15) is 0 Å². The molecule has 20 heavy (non-hydrogen) atoms. The van der Waals surface area contributed by atoms with E-state index < -0.39 is 5.97 Å². The van der Waals surface area contributed by atoms with Gasteiger partial charge in [0.1, 0.15) is 0 Å². The summed E-state index contributed by atoms with van der Waals surface area (Å²) in [4.78, 5) is 24.6. The van der Waals surface area contributed by atoms with Gasteiger partial charge in [-0.25, -0.2) is 4.79 Å². The van der Waals surface area contributed by atoms with Crippen molar-refractivity contribution in [2.45, 2.75) is 64.6 Å². The Balaban J connectivity index is 2.58. The first kappa shape index (κ1) is 16.8. The molecule has 0 aromatic rings. The Bertz CT molecular complexity index is 359. The molecule has 2 amide bonds. The van der Waals surface area contributed by atoms with Crippen molar-refractivity contribution in [3.63, 3.8) is 0 Å². The smallest absolute Gasteiger partial charge is 0.318 e. The van der Waals surface area contributed by atoms with E-state index in [1.165, 1.54) is 0 Å². The van der Waals surface area contributed by atoms with Crippen LogP contribution in [0.4, 0.5) is 4.79 Å². The van der Waals surface area contributed by atoms with Gasteiger partial charge >= 0.3 is 12.0 Å². The molecule has 2 atom stereocenters. The van der Waals surface area contributed by atoms with Crippen LogP contribution in [0.2, 0.25) is 0 Å². The Morgan fingerprint density at radius 2 is 2.15 bits per heavy atom. The molecule has 2 N–H and O–H groups in total. The van der Waals surface area contributed by atoms with E-state index in [9.17, 15) is 9.59 Å². The summed E-state index contributed by atoms with van der Waals surface area (Å²) in [5.74, 6) is -0.834. The second kappa shape index (κ2) is 6.92. The van der Waals surface area contributed by atoms with Crippen LogP contribution in [0.1, 0.15) is 47.0 Å². The Hall–Kier alpha value is -1.30. The highest BCUT2D eigenvalue weighted by Crippen LogP contribution is 2.25. The molecule has 0 aromatic carbocycles. The average molecular weight is 286 g/mol. The third kappa shape index (κ3) is 4.37. The molecule has 1 rings (SSSR count). The number of nitrogens with one attached hydrogen (secondary N) is 1. The summed E-state index contributed by atoms with van der Waals surface area (Å²) in [6, 6.07) is -0.115. The van der Waals surface area contributed by atoms with Crippen molar-refractivity contribution in [2.24, 2.45) is 0 Å². The van der Waals surface area contributed by atoms with Crippen molar-refractivity contribution in [3.8, 4) is 0 Å². The number of aliphatic carboxylic acids is 1. The van der Waals surface area contributed by atoms with E-state index in [0.29, 0.717) is 19.6 Å². The van der Waals surface area contributed by atoms with Crippen LogP contribution in [0, 0.1) is 0 Å². The van der Waals surface area contributed by atoms with Crippen LogP contribution in [0.15, 0.2) is 0 Å². The number of carbonyl (C=O) groups excluding carboxylic acids is 1. The minimum absolute atomic E-state index is 0.0144. The number of carbonyl (C=O) groups is 2. The quantitative estimate of drug-likeness (QED) is 0.781. The molecule has 0 aliphatic carbocycles. The number of urea groups is 1. The van der Waals surface area contributed by atoms with E-state index in [1.54, 1.807) is 4.90 Å². The first-order valence-corrected chi connectivity index (χ1v) is 7.18. The lowest BCUT2D eigenvalue weighted by Gasteiger charge is -2.34. The van der Waals surface area contributed by atoms with Crippen molar-refractivity contribution < 1.29 is 19.4 Å². The lowest BCUT2D eigenvalue weighted by atomic mass is 9.95. The van der Waals surface area contributed by atoms with Crippen LogP contribution in [0.5, 0.6) is 0 Å². The third-order valence-electron chi connectivity index (χ3n) is 3.95. The molecule has 6 heteroatoms. The predicted molar refractivity (Wildman–Crippen MR) is 75.7 cm³/mol. The summed E-state index contributed by atoms with van der Waals surface area (Å²) in [6.07, 6.45) is 1.32. The number of ether oxygens (including phenoxy) is 1. The molecule has 0 aromatic heterocycles. The molecule has 116 valence electrons. The molecule has 1 fully saturated rings. The molecular formula is C14H26N2O4. The van der Waals surface area contributed by atoms with Gasteiger partial charge in [0.2, 0.25) is 0 Å². The van der Waals surface area contributed by atoms with Crippen LogP contribution < -0.4 is 5.32 Å². The van der Waals surface area contributed by atoms with Gasteiger partial charge in [0, 0.05) is 25.6 Å². The number of rotatable bonds is 6. The molecule has 2 unspecified atom stereocenters. The van der Waals surface area contributed by atoms with Gasteiger partial charge < -0.3 is 20.1 Å². The second-order valence-electron chi connectivity index (χ2n) is 5.90. The van der Waals surface area contributed by atoms with Crippen molar-refractivity contribution >= 4 is 12.0 Å². The fourth-order valence-corrected chi connectivity index (χ4v) is 2.31. The maximum Gasteiger partial charge on any atom is 0.318 e. The van der Waals surface area contributed by atoms with Crippen LogP contribution in [-0.2, 0) is 9.53 Å². The number of carboxylic acids is 1. The Labute approximate surface area is 120 Å². The van der Waals surface area contributed by atoms with Gasteiger partial charge in [-0.05, 0) is 40.5 Å². The van der Waals surface area contributed by atoms with E-state index in [4.69, 9.17) is 9.84 Å². The maximum absolute atomic E-state index is 12.4. The Morgan fingerprint density at radius 3 is 2.60 bits per heavy atom. The Morgan fingerprint density at radius 1 is 1.50 bits per heavy atom. The van der Waals surface area contributed by atoms with E-state index in [1.807, 2.05) is 27.7 Å². The molecule has 0 saturated carbocycles. The number of carboxylic acid groups (broad SMARTS) is 1. The number of amides is 2. The van der Waals surface area contributed by atoms with Crippen molar-refractivity contribution in [3.05, 3.63) is 0 Å². The predicted octanol–water partition coefficient (Wildman–Crippen LogP) is 1.84. The fraction of sp³-hybridized carbons (Fsp3) is 0.857. The number of hydrogen-bond acceptors (Lipinski definition) is 3. The molecule has 1 aliphatic heterocycles. The van der Waals surface area contributed by atoms with Crippen LogP contribution in [0.25, 0.3) is 0 Å². The lowest BCUT2D eigenvalue weighted by Crippen LogP contribution is -2.56. The van der Waals surface area contributed by atoms with Crippen LogP contribution >= 0.6 is 0 Å². The summed E-state index contributed by atoms with van der Waals surface area (Å²) in [7, 11) is 0. The third-order valence-corrected chi connectivity index (χ3v) is 3.95. The monoisotopic (exact) mass is 286 g/mol. The molecule has 1 aliphatic rings. The largest absolute Gasteiger partial charge is 0.481 e. The normalized spacial score (nSPS) is 25.8. The first-order chi connectivity index (χ1) is 9.26. The summed E-state index contributed by atoms with van der Waals surface area (Å²) < 4.78 is 5.51. The molecule has 0 radical (unpaired) electrons. The SMILES string of the molecule is CC(C)N(CCCC(=O)O)C(=O)NC1(C)CCOC1C. The molecule has 6 nitrogen and oxygen atoms in total. The van der Waals surface area contributed by atoms with Crippen molar-refractivity contribution in [2.75, 3.05) is 13.2 Å². The van der Waals surface area contributed by atoms with E-state index >= 15 is 0 Å². The van der Waals surface area contributed by atoms with Crippen LogP contribution in [0.3, 0.4) is 0 Å². The zero-order valence-electron chi connectivity index (χ0n) is 12.8. The minimum Gasteiger partial charge on any atom is -0.481 e. The summed E-state index contributed by atoms with van der Waals surface area (Å²) in [5, 5.41) is 11.7. The lowest BCUT2D eigenvalue weighted by molar-refractivity contribution is -0.137. The summed E-state index contributed by atoms with van der Waals surface area (Å²) in [6.45, 7) is 8.89. The van der Waals surface area contributed by atoms with Crippen molar-refractivity contribution in [1.29, 1.82) is 0 Å². The highest BCUT2D eigenvalue weighted by molar-refractivity contribution is 5.75. The molecule has 1 saturated heterocycles. The number of nitrogens with zero attached hydrogens (tertiary/aromatic N) is 1. The van der Waals surface area contributed by atoms with Gasteiger partial charge in [-0.3, -0.25) is 4.79 Å². The fourth-order valence-electron chi connectivity index (χ4n) is 2.31. The minimum atomic E-state index is -0.834. The number of hydrogen-bond donors (Lipinski definition) is 2. The Kier molecular flexibility index (Phi) is 5.80. The summed E-state index contributed by atoms with van der Waals surface area (Å²) in [5.41, 5.74) is -0.350. The van der Waals surface area contributed by atoms with Crippen LogP contribution in [-0.4, -0.2) is 52.8 Å². The van der Waals surface area contributed by atoms with Gasteiger partial charge in [0.25, 0.3) is 0 Å². The highest BCUT2D eigenvalue weighted by Gasteiger charge is 2.39. The van der Waals surface area contributed by atoms with Gasteiger partial charge in [-0.1, -0.05) is 0 Å². The topological polar surface area (TPSA) is 78.9 Å². The molecule has 0 bridgehead atoms. The first-order valence-electron chi connectivity index (χ1n) is 7.18. The molecular weight excluding hydrogens is 260 g/mol. The van der Waals surface area contributed by atoms with E-state index in [2.05, 4.69) is 5.32 Å². The van der Waals surface area contributed by atoms with Gasteiger partial charge in [-0.15, -0.1) is 0 Å². The molecule has 0 spiro atoms. The second-order valence-corrected chi connectivity index (χ2v) is 5.90. The highest BCUT2D eigenvalue weighted by atomic mass is 16.5. The maximum atomic E-state index is 12.4. The average Bonchev–Trinajstić information content (AvgIpc) is 2.63. The zero-order chi connectivity index (χ0) is 15.3. The summed E-state index contributed by atoms with van der Waals surface area (Å²) >= 11 is 0.